The Labute approximate surface area is 389 Å². The average molecular weight is 878 g/mol. The SMILES string of the molecule is CCCCCCCCCCCCCCCCCCCCCCCCCCC(=O)OCC(CO)OC(=O)CCCCCCCCCCCCCCCCCCCCCCCCCC. The molecular weight excluding hydrogens is 765 g/mol. The summed E-state index contributed by atoms with van der Waals surface area (Å²) >= 11 is 0. The van der Waals surface area contributed by atoms with E-state index in [1.807, 2.05) is 0 Å². The molecule has 5 heteroatoms. The molecule has 370 valence electrons. The van der Waals surface area contributed by atoms with E-state index >= 15 is 0 Å². The Bertz CT molecular complexity index is 860. The molecule has 0 spiro atoms. The Morgan fingerprint density at radius 2 is 0.500 bits per heavy atom. The monoisotopic (exact) mass is 877 g/mol. The van der Waals surface area contributed by atoms with Gasteiger partial charge in [0.05, 0.1) is 6.61 Å². The summed E-state index contributed by atoms with van der Waals surface area (Å²) in [5, 5.41) is 9.65. The molecule has 0 amide bonds. The Morgan fingerprint density at radius 3 is 0.710 bits per heavy atom. The van der Waals surface area contributed by atoms with E-state index in [0.29, 0.717) is 12.8 Å². The summed E-state index contributed by atoms with van der Waals surface area (Å²) in [7, 11) is 0. The number of unbranched alkanes of at least 4 members (excludes halogenated alkanes) is 46. The number of aliphatic hydroxyl groups is 1. The highest BCUT2D eigenvalue weighted by Gasteiger charge is 2.16. The molecule has 0 saturated carbocycles. The highest BCUT2D eigenvalue weighted by Crippen LogP contribution is 2.18. The summed E-state index contributed by atoms with van der Waals surface area (Å²) in [5.41, 5.74) is 0. The molecule has 1 unspecified atom stereocenters. The summed E-state index contributed by atoms with van der Waals surface area (Å²) in [6.07, 6.45) is 65.1. The van der Waals surface area contributed by atoms with E-state index in [9.17, 15) is 14.7 Å². The molecule has 0 heterocycles. The summed E-state index contributed by atoms with van der Waals surface area (Å²) < 4.78 is 10.7. The lowest BCUT2D eigenvalue weighted by Gasteiger charge is -2.15. The third-order valence-corrected chi connectivity index (χ3v) is 13.4. The molecule has 0 fully saturated rings. The molecule has 0 aromatic heterocycles. The zero-order valence-corrected chi connectivity index (χ0v) is 42.4. The van der Waals surface area contributed by atoms with Gasteiger partial charge in [0.15, 0.2) is 6.10 Å². The van der Waals surface area contributed by atoms with Crippen molar-refractivity contribution in [3.05, 3.63) is 0 Å². The van der Waals surface area contributed by atoms with Crippen LogP contribution in [0, 0.1) is 0 Å². The van der Waals surface area contributed by atoms with Crippen LogP contribution in [0.15, 0.2) is 0 Å². The average Bonchev–Trinajstić information content (AvgIpc) is 3.28. The van der Waals surface area contributed by atoms with Crippen molar-refractivity contribution >= 4 is 11.9 Å². The Hall–Kier alpha value is -1.10. The molecule has 0 bridgehead atoms. The maximum absolute atomic E-state index is 12.3. The molecule has 0 radical (unpaired) electrons. The second-order valence-electron chi connectivity index (χ2n) is 19.7. The molecule has 0 aliphatic heterocycles. The largest absolute Gasteiger partial charge is 0.462 e. The van der Waals surface area contributed by atoms with Crippen molar-refractivity contribution in [2.75, 3.05) is 13.2 Å². The maximum Gasteiger partial charge on any atom is 0.306 e. The minimum Gasteiger partial charge on any atom is -0.462 e. The lowest BCUT2D eigenvalue weighted by Crippen LogP contribution is -2.28. The zero-order valence-electron chi connectivity index (χ0n) is 42.4. The molecule has 0 aromatic rings. The molecule has 0 aliphatic carbocycles. The topological polar surface area (TPSA) is 72.8 Å². The van der Waals surface area contributed by atoms with Crippen LogP contribution in [0.3, 0.4) is 0 Å². The van der Waals surface area contributed by atoms with Gasteiger partial charge in [-0.3, -0.25) is 9.59 Å². The number of hydrogen-bond donors (Lipinski definition) is 1. The first-order chi connectivity index (χ1) is 30.6. The van der Waals surface area contributed by atoms with Crippen LogP contribution < -0.4 is 0 Å². The second-order valence-corrected chi connectivity index (χ2v) is 19.7. The summed E-state index contributed by atoms with van der Waals surface area (Å²) in [5.74, 6) is -0.563. The highest BCUT2D eigenvalue weighted by molar-refractivity contribution is 5.70. The molecular formula is C57H112O5. The van der Waals surface area contributed by atoms with Crippen LogP contribution in [-0.4, -0.2) is 36.4 Å². The third kappa shape index (κ3) is 51.5. The van der Waals surface area contributed by atoms with E-state index in [2.05, 4.69) is 13.8 Å². The van der Waals surface area contributed by atoms with E-state index in [0.717, 1.165) is 32.1 Å². The summed E-state index contributed by atoms with van der Waals surface area (Å²) in [6, 6.07) is 0. The van der Waals surface area contributed by atoms with Gasteiger partial charge in [0.2, 0.25) is 0 Å². The molecule has 1 N–H and O–H groups in total. The van der Waals surface area contributed by atoms with Crippen molar-refractivity contribution in [2.24, 2.45) is 0 Å². The van der Waals surface area contributed by atoms with Gasteiger partial charge < -0.3 is 14.6 Å². The number of ether oxygens (including phenoxy) is 2. The van der Waals surface area contributed by atoms with Gasteiger partial charge in [-0.05, 0) is 12.8 Å². The number of carbonyl (C=O) groups excluding carboxylic acids is 2. The zero-order chi connectivity index (χ0) is 44.9. The minimum absolute atomic E-state index is 0.0556. The number of rotatable bonds is 54. The van der Waals surface area contributed by atoms with Gasteiger partial charge >= 0.3 is 11.9 Å². The summed E-state index contributed by atoms with van der Waals surface area (Å²) in [4.78, 5) is 24.5. The maximum atomic E-state index is 12.3. The van der Waals surface area contributed by atoms with Crippen molar-refractivity contribution in [1.82, 2.24) is 0 Å². The van der Waals surface area contributed by atoms with Crippen LogP contribution in [0.5, 0.6) is 0 Å². The van der Waals surface area contributed by atoms with E-state index < -0.39 is 6.10 Å². The highest BCUT2D eigenvalue weighted by atomic mass is 16.6. The van der Waals surface area contributed by atoms with Crippen LogP contribution in [0.1, 0.15) is 335 Å². The minimum atomic E-state index is -0.764. The van der Waals surface area contributed by atoms with Crippen LogP contribution in [0.4, 0.5) is 0 Å². The lowest BCUT2D eigenvalue weighted by atomic mass is 10.0. The number of esters is 2. The first-order valence-corrected chi connectivity index (χ1v) is 28.6. The fourth-order valence-electron chi connectivity index (χ4n) is 9.09. The van der Waals surface area contributed by atoms with E-state index in [4.69, 9.17) is 9.47 Å². The first-order valence-electron chi connectivity index (χ1n) is 28.6. The third-order valence-electron chi connectivity index (χ3n) is 13.4. The Morgan fingerprint density at radius 1 is 0.306 bits per heavy atom. The fraction of sp³-hybridized carbons (Fsp3) is 0.965. The van der Waals surface area contributed by atoms with Gasteiger partial charge in [-0.2, -0.15) is 0 Å². The van der Waals surface area contributed by atoms with Crippen molar-refractivity contribution in [3.8, 4) is 0 Å². The van der Waals surface area contributed by atoms with Gasteiger partial charge in [0, 0.05) is 12.8 Å². The van der Waals surface area contributed by atoms with Crippen LogP contribution in [0.25, 0.3) is 0 Å². The number of carbonyl (C=O) groups is 2. The standard InChI is InChI=1S/C57H112O5/c1-3-5-7-9-11-13-15-17-19-21-23-25-27-29-31-33-35-37-39-41-43-45-47-49-51-56(59)61-54-55(53-58)62-57(60)52-50-48-46-44-42-40-38-36-34-32-30-28-26-24-22-20-18-16-14-12-10-8-6-4-2/h55,58H,3-54H2,1-2H3. The predicted molar refractivity (Wildman–Crippen MR) is 270 cm³/mol. The van der Waals surface area contributed by atoms with Crippen molar-refractivity contribution < 1.29 is 24.2 Å². The van der Waals surface area contributed by atoms with Crippen molar-refractivity contribution in [1.29, 1.82) is 0 Å². The van der Waals surface area contributed by atoms with Crippen molar-refractivity contribution in [3.63, 3.8) is 0 Å². The predicted octanol–water partition coefficient (Wildman–Crippen LogP) is 19.0. The van der Waals surface area contributed by atoms with E-state index in [1.165, 1.54) is 276 Å². The molecule has 62 heavy (non-hydrogen) atoms. The quantitative estimate of drug-likeness (QED) is 0.0487. The fourth-order valence-corrected chi connectivity index (χ4v) is 9.09. The van der Waals surface area contributed by atoms with Gasteiger partial charge in [-0.25, -0.2) is 0 Å². The smallest absolute Gasteiger partial charge is 0.306 e. The normalized spacial score (nSPS) is 12.0. The molecule has 0 rings (SSSR count). The van der Waals surface area contributed by atoms with Gasteiger partial charge in [-0.1, -0.05) is 309 Å². The van der Waals surface area contributed by atoms with Crippen LogP contribution in [-0.2, 0) is 19.1 Å². The molecule has 0 saturated heterocycles. The lowest BCUT2D eigenvalue weighted by molar-refractivity contribution is -0.161. The van der Waals surface area contributed by atoms with Gasteiger partial charge in [-0.15, -0.1) is 0 Å². The molecule has 5 nitrogen and oxygen atoms in total. The molecule has 1 atom stereocenters. The number of aliphatic hydroxyl groups excluding tert-OH is 1. The van der Waals surface area contributed by atoms with Gasteiger partial charge in [0.25, 0.3) is 0 Å². The molecule has 0 aliphatic rings. The van der Waals surface area contributed by atoms with E-state index in [-0.39, 0.29) is 25.2 Å². The van der Waals surface area contributed by atoms with Crippen LogP contribution >= 0.6 is 0 Å². The van der Waals surface area contributed by atoms with Gasteiger partial charge in [0.1, 0.15) is 6.61 Å². The van der Waals surface area contributed by atoms with Crippen molar-refractivity contribution in [2.45, 2.75) is 341 Å². The number of hydrogen-bond acceptors (Lipinski definition) is 5. The second kappa shape index (κ2) is 54.2. The summed E-state index contributed by atoms with van der Waals surface area (Å²) in [6.45, 7) is 4.21. The molecule has 0 aromatic carbocycles. The Kier molecular flexibility index (Phi) is 53.3. The van der Waals surface area contributed by atoms with E-state index in [1.54, 1.807) is 0 Å². The van der Waals surface area contributed by atoms with Crippen LogP contribution in [0.2, 0.25) is 0 Å². The first kappa shape index (κ1) is 60.9. The Balaban J connectivity index is 3.39.